The lowest BCUT2D eigenvalue weighted by atomic mass is 9.68. The van der Waals surface area contributed by atoms with Crippen LogP contribution in [-0.2, 0) is 15.4 Å². The van der Waals surface area contributed by atoms with Gasteiger partial charge in [-0.3, -0.25) is 0 Å². The molecule has 1 atom stereocenters. The zero-order valence-electron chi connectivity index (χ0n) is 13.2. The summed E-state index contributed by atoms with van der Waals surface area (Å²) in [5.41, 5.74) is 0.718. The van der Waals surface area contributed by atoms with Crippen molar-refractivity contribution >= 4 is 10.0 Å². The van der Waals surface area contributed by atoms with Crippen molar-refractivity contribution in [1.82, 2.24) is 4.31 Å². The maximum absolute atomic E-state index is 12.2. The summed E-state index contributed by atoms with van der Waals surface area (Å²) in [4.78, 5) is 11.2. The number of hydrogen-bond donors (Lipinski definition) is 0. The number of rotatable bonds is 6. The minimum absolute atomic E-state index is 0.187. The highest BCUT2D eigenvalue weighted by Crippen LogP contribution is 2.40. The van der Waals surface area contributed by atoms with Gasteiger partial charge in [0.25, 0.3) is 0 Å². The van der Waals surface area contributed by atoms with Crippen molar-refractivity contribution in [2.24, 2.45) is 5.18 Å². The van der Waals surface area contributed by atoms with E-state index in [0.717, 1.165) is 5.56 Å². The minimum atomic E-state index is -3.17. The lowest BCUT2D eigenvalue weighted by molar-refractivity contribution is 0.206. The van der Waals surface area contributed by atoms with Gasteiger partial charge in [0.15, 0.2) is 0 Å². The van der Waals surface area contributed by atoms with Gasteiger partial charge in [0, 0.05) is 18.5 Å². The van der Waals surface area contributed by atoms with E-state index in [0.29, 0.717) is 32.4 Å². The first-order chi connectivity index (χ1) is 10.5. The van der Waals surface area contributed by atoms with Crippen LogP contribution in [0.15, 0.2) is 35.5 Å². The number of nitrogens with zero attached hydrogens (tertiary/aromatic N) is 2. The molecule has 1 aromatic rings. The molecule has 1 aliphatic heterocycles. The highest BCUT2D eigenvalue weighted by Gasteiger charge is 2.43. The number of nitroso groups, excluding NO2 is 1. The van der Waals surface area contributed by atoms with Crippen LogP contribution >= 0.6 is 0 Å². The van der Waals surface area contributed by atoms with E-state index in [1.165, 1.54) is 0 Å². The molecule has 122 valence electrons. The maximum Gasteiger partial charge on any atom is 0.214 e. The largest absolute Gasteiger partial charge is 0.214 e. The van der Waals surface area contributed by atoms with Crippen molar-refractivity contribution in [2.75, 3.05) is 18.8 Å². The molecule has 0 spiro atoms. The number of sulfonamides is 1. The van der Waals surface area contributed by atoms with Gasteiger partial charge in [0.1, 0.15) is 0 Å². The quantitative estimate of drug-likeness (QED) is 0.756. The molecule has 0 saturated carbocycles. The maximum atomic E-state index is 12.2. The summed E-state index contributed by atoms with van der Waals surface area (Å²) in [6.07, 6.45) is 1.88. The van der Waals surface area contributed by atoms with E-state index in [1.54, 1.807) is 4.31 Å². The summed E-state index contributed by atoms with van der Waals surface area (Å²) in [6, 6.07) is 9.50. The Kier molecular flexibility index (Phi) is 5.34. The predicted molar refractivity (Wildman–Crippen MR) is 88.3 cm³/mol. The number of benzene rings is 1. The molecule has 1 aliphatic rings. The van der Waals surface area contributed by atoms with Crippen LogP contribution in [0.1, 0.15) is 38.7 Å². The Labute approximate surface area is 132 Å². The normalized spacial score (nSPS) is 20.5. The highest BCUT2D eigenvalue weighted by atomic mass is 32.2. The van der Waals surface area contributed by atoms with Crippen LogP contribution in [0.3, 0.4) is 0 Å². The molecule has 0 N–H and O–H groups in total. The van der Waals surface area contributed by atoms with Gasteiger partial charge < -0.3 is 0 Å². The Bertz CT molecular complexity index is 593. The van der Waals surface area contributed by atoms with Gasteiger partial charge in [0.05, 0.1) is 11.8 Å². The fraction of sp³-hybridized carbons (Fsp3) is 0.625. The summed E-state index contributed by atoms with van der Waals surface area (Å²) >= 11 is 0. The van der Waals surface area contributed by atoms with Gasteiger partial charge in [-0.2, -0.15) is 4.91 Å². The van der Waals surface area contributed by atoms with Crippen LogP contribution < -0.4 is 0 Å². The zero-order chi connectivity index (χ0) is 16.2. The summed E-state index contributed by atoms with van der Waals surface area (Å²) < 4.78 is 26.0. The monoisotopic (exact) mass is 324 g/mol. The first-order valence-corrected chi connectivity index (χ1v) is 9.43. The average molecular weight is 324 g/mol. The van der Waals surface area contributed by atoms with Gasteiger partial charge in [-0.1, -0.05) is 42.4 Å². The third-order valence-corrected chi connectivity index (χ3v) is 6.85. The second kappa shape index (κ2) is 6.87. The third kappa shape index (κ3) is 3.22. The van der Waals surface area contributed by atoms with E-state index in [9.17, 15) is 13.3 Å². The van der Waals surface area contributed by atoms with Crippen molar-refractivity contribution < 1.29 is 8.42 Å². The van der Waals surface area contributed by atoms with Gasteiger partial charge >= 0.3 is 0 Å². The Morgan fingerprint density at radius 3 is 2.32 bits per heavy atom. The Hall–Kier alpha value is -1.27. The van der Waals surface area contributed by atoms with Crippen molar-refractivity contribution in [1.29, 1.82) is 0 Å². The topological polar surface area (TPSA) is 66.8 Å². The Balaban J connectivity index is 2.25. The Morgan fingerprint density at radius 2 is 1.82 bits per heavy atom. The zero-order valence-corrected chi connectivity index (χ0v) is 14.1. The minimum Gasteiger partial charge on any atom is -0.212 e. The van der Waals surface area contributed by atoms with Crippen LogP contribution in [0.4, 0.5) is 0 Å². The SMILES string of the molecule is CCCS(=O)(=O)N1CCC(c2ccccc2)(C(C)N=O)CC1. The van der Waals surface area contributed by atoms with E-state index in [1.807, 2.05) is 44.2 Å². The molecule has 5 nitrogen and oxygen atoms in total. The highest BCUT2D eigenvalue weighted by molar-refractivity contribution is 7.89. The van der Waals surface area contributed by atoms with Gasteiger partial charge in [-0.25, -0.2) is 12.7 Å². The van der Waals surface area contributed by atoms with Crippen LogP contribution in [0.25, 0.3) is 0 Å². The summed E-state index contributed by atoms with van der Waals surface area (Å²) in [7, 11) is -3.17. The average Bonchev–Trinajstić information content (AvgIpc) is 2.55. The van der Waals surface area contributed by atoms with E-state index < -0.39 is 10.0 Å². The summed E-state index contributed by atoms with van der Waals surface area (Å²) in [5, 5.41) is 3.27. The molecular weight excluding hydrogens is 300 g/mol. The molecule has 1 saturated heterocycles. The molecule has 0 aromatic heterocycles. The smallest absolute Gasteiger partial charge is 0.212 e. The van der Waals surface area contributed by atoms with Gasteiger partial charge in [-0.15, -0.1) is 0 Å². The van der Waals surface area contributed by atoms with E-state index in [4.69, 9.17) is 0 Å². The molecule has 1 heterocycles. The van der Waals surface area contributed by atoms with Crippen LogP contribution in [-0.4, -0.2) is 37.6 Å². The molecule has 1 aromatic carbocycles. The molecular formula is C16H24N2O3S. The Morgan fingerprint density at radius 1 is 1.23 bits per heavy atom. The molecule has 1 fully saturated rings. The molecule has 1 unspecified atom stereocenters. The molecule has 0 aliphatic carbocycles. The van der Waals surface area contributed by atoms with E-state index in [-0.39, 0.29) is 17.2 Å². The van der Waals surface area contributed by atoms with Crippen LogP contribution in [0.5, 0.6) is 0 Å². The first kappa shape index (κ1) is 17.1. The molecule has 0 amide bonds. The molecule has 6 heteroatoms. The van der Waals surface area contributed by atoms with Crippen molar-refractivity contribution in [2.45, 2.75) is 44.6 Å². The van der Waals surface area contributed by atoms with Crippen LogP contribution in [0.2, 0.25) is 0 Å². The molecule has 0 radical (unpaired) electrons. The van der Waals surface area contributed by atoms with Gasteiger partial charge in [-0.05, 0) is 31.7 Å². The number of hydrogen-bond acceptors (Lipinski definition) is 4. The van der Waals surface area contributed by atoms with Crippen molar-refractivity contribution in [3.8, 4) is 0 Å². The lowest BCUT2D eigenvalue weighted by Crippen LogP contribution is -2.49. The summed E-state index contributed by atoms with van der Waals surface area (Å²) in [6.45, 7) is 4.61. The third-order valence-electron chi connectivity index (χ3n) is 4.78. The first-order valence-electron chi connectivity index (χ1n) is 7.82. The molecule has 2 rings (SSSR count). The summed E-state index contributed by atoms with van der Waals surface area (Å²) in [5.74, 6) is 0.187. The second-order valence-corrected chi connectivity index (χ2v) is 8.11. The second-order valence-electron chi connectivity index (χ2n) is 6.02. The fourth-order valence-corrected chi connectivity index (χ4v) is 4.88. The molecule has 0 bridgehead atoms. The fourth-order valence-electron chi connectivity index (χ4n) is 3.37. The van der Waals surface area contributed by atoms with Gasteiger partial charge in [0.2, 0.25) is 10.0 Å². The number of piperidine rings is 1. The predicted octanol–water partition coefficient (Wildman–Crippen LogP) is 2.91. The van der Waals surface area contributed by atoms with E-state index in [2.05, 4.69) is 5.18 Å². The van der Waals surface area contributed by atoms with Crippen molar-refractivity contribution in [3.63, 3.8) is 0 Å². The molecule has 22 heavy (non-hydrogen) atoms. The van der Waals surface area contributed by atoms with E-state index >= 15 is 0 Å². The standard InChI is InChI=1S/C16H24N2O3S/c1-3-13-22(20,21)18-11-9-16(10-12-18,14(2)17-19)15-7-5-4-6-8-15/h4-8,14H,3,9-13H2,1-2H3. The lowest BCUT2D eigenvalue weighted by Gasteiger charge is -2.43. The van der Waals surface area contributed by atoms with Crippen molar-refractivity contribution in [3.05, 3.63) is 40.8 Å². The van der Waals surface area contributed by atoms with Crippen LogP contribution in [0, 0.1) is 4.91 Å².